The van der Waals surface area contributed by atoms with Crippen LogP contribution in [-0.4, -0.2) is 70.3 Å². The number of hydrogen-bond donors (Lipinski definition) is 0. The standard InChI is InChI=1S/C19H35N3O2/c1-8-21(9-2)17(24)14-10-16(23)22(13-14)15-11-18(3,4)20(7)19(5,6)12-15/h14-15H,8-13H2,1-7H3. The number of likely N-dealkylation sites (tertiary alicyclic amines) is 2. The van der Waals surface area contributed by atoms with Gasteiger partial charge in [0.15, 0.2) is 0 Å². The maximum atomic E-state index is 12.6. The van der Waals surface area contributed by atoms with Crippen molar-refractivity contribution in [1.29, 1.82) is 0 Å². The van der Waals surface area contributed by atoms with Gasteiger partial charge < -0.3 is 9.80 Å². The van der Waals surface area contributed by atoms with Crippen LogP contribution in [-0.2, 0) is 9.59 Å². The van der Waals surface area contributed by atoms with Crippen molar-refractivity contribution in [2.75, 3.05) is 26.7 Å². The Labute approximate surface area is 147 Å². The van der Waals surface area contributed by atoms with Gasteiger partial charge in [0.25, 0.3) is 0 Å². The quantitative estimate of drug-likeness (QED) is 0.791. The Morgan fingerprint density at radius 1 is 1.12 bits per heavy atom. The third kappa shape index (κ3) is 3.46. The second-order valence-corrected chi connectivity index (χ2v) is 8.70. The van der Waals surface area contributed by atoms with E-state index in [0.29, 0.717) is 26.1 Å². The molecule has 0 aromatic heterocycles. The third-order valence-electron chi connectivity index (χ3n) is 6.31. The average Bonchev–Trinajstić information content (AvgIpc) is 2.87. The van der Waals surface area contributed by atoms with Crippen LogP contribution in [0.5, 0.6) is 0 Å². The molecule has 5 heteroatoms. The van der Waals surface area contributed by atoms with Gasteiger partial charge in [-0.25, -0.2) is 0 Å². The van der Waals surface area contributed by atoms with E-state index in [-0.39, 0.29) is 34.9 Å². The molecule has 138 valence electrons. The zero-order chi connectivity index (χ0) is 18.3. The fourth-order valence-electron chi connectivity index (χ4n) is 4.58. The van der Waals surface area contributed by atoms with Crippen LogP contribution >= 0.6 is 0 Å². The Morgan fingerprint density at radius 2 is 1.62 bits per heavy atom. The lowest BCUT2D eigenvalue weighted by Gasteiger charge is -2.55. The maximum Gasteiger partial charge on any atom is 0.227 e. The molecule has 0 radical (unpaired) electrons. The summed E-state index contributed by atoms with van der Waals surface area (Å²) in [5, 5.41) is 0. The molecule has 2 saturated heterocycles. The molecule has 2 rings (SSSR count). The van der Waals surface area contributed by atoms with Crippen molar-refractivity contribution in [1.82, 2.24) is 14.7 Å². The Morgan fingerprint density at radius 3 is 2.08 bits per heavy atom. The van der Waals surface area contributed by atoms with Gasteiger partial charge in [-0.15, -0.1) is 0 Å². The third-order valence-corrected chi connectivity index (χ3v) is 6.31. The van der Waals surface area contributed by atoms with Gasteiger partial charge in [-0.1, -0.05) is 0 Å². The highest BCUT2D eigenvalue weighted by Gasteiger charge is 2.48. The smallest absolute Gasteiger partial charge is 0.227 e. The summed E-state index contributed by atoms with van der Waals surface area (Å²) in [6, 6.07) is 0.230. The second-order valence-electron chi connectivity index (χ2n) is 8.70. The fourth-order valence-corrected chi connectivity index (χ4v) is 4.58. The Balaban J connectivity index is 2.13. The normalized spacial score (nSPS) is 27.5. The van der Waals surface area contributed by atoms with Crippen molar-refractivity contribution in [2.45, 2.75) is 77.9 Å². The average molecular weight is 338 g/mol. The van der Waals surface area contributed by atoms with Gasteiger partial charge >= 0.3 is 0 Å². The minimum Gasteiger partial charge on any atom is -0.343 e. The molecule has 2 aliphatic rings. The second kappa shape index (κ2) is 6.66. The molecule has 1 unspecified atom stereocenters. The molecule has 2 fully saturated rings. The summed E-state index contributed by atoms with van der Waals surface area (Å²) in [4.78, 5) is 31.5. The number of amides is 2. The molecule has 5 nitrogen and oxygen atoms in total. The van der Waals surface area contributed by atoms with Crippen molar-refractivity contribution in [3.63, 3.8) is 0 Å². The van der Waals surface area contributed by atoms with Crippen LogP contribution in [0.2, 0.25) is 0 Å². The van der Waals surface area contributed by atoms with Gasteiger partial charge in [0.1, 0.15) is 0 Å². The summed E-state index contributed by atoms with van der Waals surface area (Å²) in [6.45, 7) is 15.0. The predicted molar refractivity (Wildman–Crippen MR) is 96.7 cm³/mol. The maximum absolute atomic E-state index is 12.6. The van der Waals surface area contributed by atoms with E-state index in [4.69, 9.17) is 0 Å². The summed E-state index contributed by atoms with van der Waals surface area (Å²) >= 11 is 0. The molecule has 0 aliphatic carbocycles. The molecule has 2 aliphatic heterocycles. The van der Waals surface area contributed by atoms with Gasteiger partial charge in [0.2, 0.25) is 11.8 Å². The number of carbonyl (C=O) groups excluding carboxylic acids is 2. The monoisotopic (exact) mass is 337 g/mol. The Kier molecular flexibility index (Phi) is 5.34. The Bertz CT molecular complexity index is 479. The molecule has 0 aromatic carbocycles. The molecule has 0 bridgehead atoms. The molecule has 1 atom stereocenters. The number of piperidine rings is 1. The highest BCUT2D eigenvalue weighted by molar-refractivity contribution is 5.89. The molecule has 24 heavy (non-hydrogen) atoms. The highest BCUT2D eigenvalue weighted by Crippen LogP contribution is 2.40. The molecule has 0 N–H and O–H groups in total. The van der Waals surface area contributed by atoms with Crippen LogP contribution in [0.25, 0.3) is 0 Å². The first-order valence-corrected chi connectivity index (χ1v) is 9.35. The first kappa shape index (κ1) is 19.2. The van der Waals surface area contributed by atoms with E-state index in [0.717, 1.165) is 12.8 Å². The van der Waals surface area contributed by atoms with Gasteiger partial charge in [-0.2, -0.15) is 0 Å². The van der Waals surface area contributed by atoms with Gasteiger partial charge in [0, 0.05) is 43.2 Å². The first-order valence-electron chi connectivity index (χ1n) is 9.35. The summed E-state index contributed by atoms with van der Waals surface area (Å²) in [5.74, 6) is 0.132. The number of rotatable bonds is 4. The van der Waals surface area contributed by atoms with Gasteiger partial charge in [-0.05, 0) is 61.4 Å². The van der Waals surface area contributed by atoms with Crippen LogP contribution in [0.4, 0.5) is 0 Å². The predicted octanol–water partition coefficient (Wildman–Crippen LogP) is 2.35. The van der Waals surface area contributed by atoms with Crippen LogP contribution in [0.3, 0.4) is 0 Å². The minimum absolute atomic E-state index is 0.0493. The Hall–Kier alpha value is -1.10. The highest BCUT2D eigenvalue weighted by atomic mass is 16.2. The summed E-state index contributed by atoms with van der Waals surface area (Å²) in [7, 11) is 2.18. The molecular weight excluding hydrogens is 302 g/mol. The summed E-state index contributed by atoms with van der Waals surface area (Å²) in [5.41, 5.74) is 0.0985. The van der Waals surface area contributed by atoms with Crippen molar-refractivity contribution in [2.24, 2.45) is 5.92 Å². The SMILES string of the molecule is CCN(CC)C(=O)C1CC(=O)N(C2CC(C)(C)N(C)C(C)(C)C2)C1. The van der Waals surface area contributed by atoms with Gasteiger partial charge in [0.05, 0.1) is 5.92 Å². The van der Waals surface area contributed by atoms with E-state index in [1.807, 2.05) is 23.6 Å². The lowest BCUT2D eigenvalue weighted by atomic mass is 9.77. The van der Waals surface area contributed by atoms with Gasteiger partial charge in [-0.3, -0.25) is 14.5 Å². The molecular formula is C19H35N3O2. The van der Waals surface area contributed by atoms with Crippen molar-refractivity contribution in [3.8, 4) is 0 Å². The lowest BCUT2D eigenvalue weighted by Crippen LogP contribution is -2.62. The van der Waals surface area contributed by atoms with E-state index in [2.05, 4.69) is 39.6 Å². The van der Waals surface area contributed by atoms with Crippen LogP contribution < -0.4 is 0 Å². The number of hydrogen-bond acceptors (Lipinski definition) is 3. The largest absolute Gasteiger partial charge is 0.343 e. The fraction of sp³-hybridized carbons (Fsp3) is 0.895. The van der Waals surface area contributed by atoms with Crippen molar-refractivity contribution in [3.05, 3.63) is 0 Å². The lowest BCUT2D eigenvalue weighted by molar-refractivity contribution is -0.135. The van der Waals surface area contributed by atoms with Crippen molar-refractivity contribution < 1.29 is 9.59 Å². The molecule has 2 heterocycles. The first-order chi connectivity index (χ1) is 11.0. The van der Waals surface area contributed by atoms with E-state index < -0.39 is 0 Å². The van der Waals surface area contributed by atoms with Crippen LogP contribution in [0, 0.1) is 5.92 Å². The molecule has 0 aromatic rings. The van der Waals surface area contributed by atoms with E-state index >= 15 is 0 Å². The number of nitrogens with zero attached hydrogens (tertiary/aromatic N) is 3. The molecule has 0 spiro atoms. The zero-order valence-corrected chi connectivity index (χ0v) is 16.6. The van der Waals surface area contributed by atoms with E-state index in [1.54, 1.807) is 0 Å². The summed E-state index contributed by atoms with van der Waals surface area (Å²) in [6.07, 6.45) is 2.30. The summed E-state index contributed by atoms with van der Waals surface area (Å²) < 4.78 is 0. The zero-order valence-electron chi connectivity index (χ0n) is 16.6. The van der Waals surface area contributed by atoms with E-state index in [9.17, 15) is 9.59 Å². The van der Waals surface area contributed by atoms with Crippen LogP contribution in [0.15, 0.2) is 0 Å². The molecule has 2 amide bonds. The number of carbonyl (C=O) groups is 2. The van der Waals surface area contributed by atoms with Crippen LogP contribution in [0.1, 0.15) is 60.8 Å². The molecule has 0 saturated carbocycles. The van der Waals surface area contributed by atoms with E-state index in [1.165, 1.54) is 0 Å². The minimum atomic E-state index is -0.164. The topological polar surface area (TPSA) is 43.9 Å². The van der Waals surface area contributed by atoms with Crippen molar-refractivity contribution >= 4 is 11.8 Å².